The summed E-state index contributed by atoms with van der Waals surface area (Å²) in [5, 5.41) is -0.0511. The highest BCUT2D eigenvalue weighted by molar-refractivity contribution is 7.89. The average Bonchev–Trinajstić information content (AvgIpc) is 2.73. The van der Waals surface area contributed by atoms with E-state index >= 15 is 0 Å². The van der Waals surface area contributed by atoms with E-state index < -0.39 is 10.0 Å². The smallest absolute Gasteiger partial charge is 0.244 e. The van der Waals surface area contributed by atoms with E-state index in [0.29, 0.717) is 5.82 Å². The van der Waals surface area contributed by atoms with Gasteiger partial charge >= 0.3 is 0 Å². The Morgan fingerprint density at radius 2 is 2.17 bits per heavy atom. The summed E-state index contributed by atoms with van der Waals surface area (Å²) in [6, 6.07) is 2.91. The lowest BCUT2D eigenvalue weighted by Crippen LogP contribution is -2.25. The van der Waals surface area contributed by atoms with E-state index in [4.69, 9.17) is 11.6 Å². The fourth-order valence-corrected chi connectivity index (χ4v) is 2.81. The zero-order valence-electron chi connectivity index (χ0n) is 9.54. The molecule has 18 heavy (non-hydrogen) atoms. The summed E-state index contributed by atoms with van der Waals surface area (Å²) < 4.78 is 28.1. The van der Waals surface area contributed by atoms with E-state index in [9.17, 15) is 8.42 Å². The van der Waals surface area contributed by atoms with Crippen LogP contribution >= 0.6 is 11.6 Å². The zero-order valence-corrected chi connectivity index (χ0v) is 11.1. The van der Waals surface area contributed by atoms with Crippen molar-refractivity contribution >= 4 is 21.6 Å². The molecular formula is C10H11ClN4O2S. The number of pyridine rings is 1. The van der Waals surface area contributed by atoms with Gasteiger partial charge in [-0.05, 0) is 12.1 Å². The summed E-state index contributed by atoms with van der Waals surface area (Å²) in [7, 11) is -1.90. The maximum absolute atomic E-state index is 12.0. The van der Waals surface area contributed by atoms with E-state index in [1.165, 1.54) is 18.3 Å². The van der Waals surface area contributed by atoms with Gasteiger partial charge in [-0.2, -0.15) is 0 Å². The van der Waals surface area contributed by atoms with Crippen LogP contribution in [0.5, 0.6) is 0 Å². The van der Waals surface area contributed by atoms with Crippen LogP contribution < -0.4 is 4.72 Å². The Morgan fingerprint density at radius 1 is 1.39 bits per heavy atom. The molecule has 0 aromatic carbocycles. The largest absolute Gasteiger partial charge is 0.337 e. The van der Waals surface area contributed by atoms with Crippen LogP contribution in [-0.4, -0.2) is 23.0 Å². The second-order valence-corrected chi connectivity index (χ2v) is 5.66. The molecule has 2 aromatic heterocycles. The maximum atomic E-state index is 12.0. The first-order valence-electron chi connectivity index (χ1n) is 5.07. The van der Waals surface area contributed by atoms with Crippen LogP contribution in [0.25, 0.3) is 0 Å². The molecular weight excluding hydrogens is 276 g/mol. The minimum absolute atomic E-state index is 0.0409. The molecule has 0 aliphatic rings. The Hall–Kier alpha value is -1.44. The number of aromatic nitrogens is 3. The highest BCUT2D eigenvalue weighted by Crippen LogP contribution is 2.17. The van der Waals surface area contributed by atoms with Gasteiger partial charge in [0.05, 0.1) is 6.54 Å². The first-order chi connectivity index (χ1) is 8.50. The third kappa shape index (κ3) is 2.69. The van der Waals surface area contributed by atoms with Crippen molar-refractivity contribution in [3.63, 3.8) is 0 Å². The second-order valence-electron chi connectivity index (χ2n) is 3.57. The van der Waals surface area contributed by atoms with E-state index in [-0.39, 0.29) is 16.6 Å². The summed E-state index contributed by atoms with van der Waals surface area (Å²) in [5.41, 5.74) is 0. The molecule has 2 heterocycles. The lowest BCUT2D eigenvalue weighted by molar-refractivity contribution is 0.577. The van der Waals surface area contributed by atoms with Crippen LogP contribution in [0, 0.1) is 0 Å². The molecule has 0 aliphatic carbocycles. The van der Waals surface area contributed by atoms with Crippen molar-refractivity contribution in [2.45, 2.75) is 11.4 Å². The van der Waals surface area contributed by atoms with Crippen LogP contribution in [0.3, 0.4) is 0 Å². The van der Waals surface area contributed by atoms with E-state index in [2.05, 4.69) is 14.7 Å². The molecule has 0 fully saturated rings. The lowest BCUT2D eigenvalue weighted by atomic mass is 10.5. The van der Waals surface area contributed by atoms with Crippen molar-refractivity contribution < 1.29 is 8.42 Å². The maximum Gasteiger partial charge on any atom is 0.244 e. The molecule has 0 radical (unpaired) electrons. The van der Waals surface area contributed by atoms with Crippen LogP contribution in [0.1, 0.15) is 5.82 Å². The lowest BCUT2D eigenvalue weighted by Gasteiger charge is -2.07. The van der Waals surface area contributed by atoms with Crippen LogP contribution in [-0.2, 0) is 23.6 Å². The molecule has 1 N–H and O–H groups in total. The molecule has 0 bridgehead atoms. The molecule has 2 aromatic rings. The Bertz CT molecular complexity index is 653. The molecule has 0 saturated heterocycles. The monoisotopic (exact) mass is 286 g/mol. The molecule has 0 atom stereocenters. The third-order valence-electron chi connectivity index (χ3n) is 2.36. The molecule has 0 amide bonds. The quantitative estimate of drug-likeness (QED) is 0.849. The van der Waals surface area contributed by atoms with Gasteiger partial charge in [0.2, 0.25) is 10.0 Å². The van der Waals surface area contributed by atoms with Crippen LogP contribution in [0.4, 0.5) is 0 Å². The number of hydrogen-bond donors (Lipinski definition) is 1. The van der Waals surface area contributed by atoms with Gasteiger partial charge in [-0.25, -0.2) is 23.1 Å². The van der Waals surface area contributed by atoms with Crippen LogP contribution in [0.15, 0.2) is 35.6 Å². The minimum Gasteiger partial charge on any atom is -0.337 e. The number of rotatable bonds is 4. The zero-order chi connectivity index (χ0) is 13.2. The van der Waals surface area contributed by atoms with Gasteiger partial charge in [0.15, 0.2) is 0 Å². The van der Waals surface area contributed by atoms with Crippen molar-refractivity contribution in [1.29, 1.82) is 0 Å². The SMILES string of the molecule is Cn1ccnc1CNS(=O)(=O)c1cccnc1Cl. The van der Waals surface area contributed by atoms with E-state index in [0.717, 1.165) is 0 Å². The number of hydrogen-bond acceptors (Lipinski definition) is 4. The summed E-state index contributed by atoms with van der Waals surface area (Å²) in [6.45, 7) is 0.0943. The Balaban J connectivity index is 2.19. The molecule has 96 valence electrons. The molecule has 0 saturated carbocycles. The predicted molar refractivity (Wildman–Crippen MR) is 66.5 cm³/mol. The van der Waals surface area contributed by atoms with Crippen molar-refractivity contribution in [2.24, 2.45) is 7.05 Å². The Labute approximate surface area is 110 Å². The molecule has 0 spiro atoms. The normalized spacial score (nSPS) is 11.7. The number of nitrogens with one attached hydrogen (secondary N) is 1. The highest BCUT2D eigenvalue weighted by Gasteiger charge is 2.18. The van der Waals surface area contributed by atoms with Crippen molar-refractivity contribution in [3.8, 4) is 0 Å². The van der Waals surface area contributed by atoms with E-state index in [1.807, 2.05) is 0 Å². The number of halogens is 1. The Morgan fingerprint density at radius 3 is 2.78 bits per heavy atom. The van der Waals surface area contributed by atoms with Crippen molar-refractivity contribution in [3.05, 3.63) is 41.7 Å². The van der Waals surface area contributed by atoms with Gasteiger partial charge in [-0.3, -0.25) is 0 Å². The fraction of sp³-hybridized carbons (Fsp3) is 0.200. The Kier molecular flexibility index (Phi) is 3.65. The van der Waals surface area contributed by atoms with Gasteiger partial charge in [-0.15, -0.1) is 0 Å². The molecule has 6 nitrogen and oxygen atoms in total. The van der Waals surface area contributed by atoms with Gasteiger partial charge in [0.1, 0.15) is 15.9 Å². The number of sulfonamides is 1. The summed E-state index contributed by atoms with van der Waals surface area (Å²) in [4.78, 5) is 7.71. The van der Waals surface area contributed by atoms with Gasteiger partial charge < -0.3 is 4.57 Å². The predicted octanol–water partition coefficient (Wildman–Crippen LogP) is 0.947. The minimum atomic E-state index is -3.68. The van der Waals surface area contributed by atoms with E-state index in [1.54, 1.807) is 24.0 Å². The highest BCUT2D eigenvalue weighted by atomic mass is 35.5. The van der Waals surface area contributed by atoms with Crippen molar-refractivity contribution in [1.82, 2.24) is 19.3 Å². The first-order valence-corrected chi connectivity index (χ1v) is 6.93. The number of imidazole rings is 1. The summed E-state index contributed by atoms with van der Waals surface area (Å²) >= 11 is 5.75. The third-order valence-corrected chi connectivity index (χ3v) is 4.20. The fourth-order valence-electron chi connectivity index (χ4n) is 1.38. The topological polar surface area (TPSA) is 76.9 Å². The second kappa shape index (κ2) is 5.05. The number of aryl methyl sites for hydroxylation is 1. The molecule has 0 aliphatic heterocycles. The van der Waals surface area contributed by atoms with Crippen molar-refractivity contribution in [2.75, 3.05) is 0 Å². The van der Waals surface area contributed by atoms with Crippen LogP contribution in [0.2, 0.25) is 5.15 Å². The molecule has 2 rings (SSSR count). The van der Waals surface area contributed by atoms with Gasteiger partial charge in [0.25, 0.3) is 0 Å². The standard InChI is InChI=1S/C10H11ClN4O2S/c1-15-6-5-12-9(15)7-14-18(16,17)8-3-2-4-13-10(8)11/h2-6,14H,7H2,1H3. The number of nitrogens with zero attached hydrogens (tertiary/aromatic N) is 3. The summed E-state index contributed by atoms with van der Waals surface area (Å²) in [5.74, 6) is 0.610. The molecule has 0 unspecified atom stereocenters. The first kappa shape index (κ1) is 13.0. The summed E-state index contributed by atoms with van der Waals surface area (Å²) in [6.07, 6.45) is 4.77. The average molecular weight is 287 g/mol. The van der Waals surface area contributed by atoms with Gasteiger partial charge in [0, 0.05) is 25.6 Å². The molecule has 8 heteroatoms. The van der Waals surface area contributed by atoms with Gasteiger partial charge in [-0.1, -0.05) is 11.6 Å².